The lowest BCUT2D eigenvalue weighted by atomic mass is 10.1. The van der Waals surface area contributed by atoms with E-state index in [0.717, 1.165) is 34.0 Å². The molecular formula is C29H33N7O4S2. The number of nitrogens with one attached hydrogen (secondary N) is 3. The van der Waals surface area contributed by atoms with Crippen molar-refractivity contribution in [2.24, 2.45) is 0 Å². The molecule has 1 fully saturated rings. The van der Waals surface area contributed by atoms with E-state index in [-0.39, 0.29) is 29.9 Å². The van der Waals surface area contributed by atoms with E-state index in [9.17, 15) is 18.0 Å². The summed E-state index contributed by atoms with van der Waals surface area (Å²) in [4.78, 5) is 35.4. The predicted molar refractivity (Wildman–Crippen MR) is 166 cm³/mol. The van der Waals surface area contributed by atoms with Crippen LogP contribution in [0, 0.1) is 0 Å². The molecule has 0 unspecified atom stereocenters. The molecule has 1 saturated heterocycles. The number of H-pyrrole nitrogens is 1. The number of fused-ring (bicyclic) bond motifs is 3. The molecular weight excluding hydrogens is 574 g/mol. The highest BCUT2D eigenvalue weighted by molar-refractivity contribution is 8.18. The smallest absolute Gasteiger partial charge is 0.317 e. The van der Waals surface area contributed by atoms with E-state index in [1.807, 2.05) is 30.3 Å². The fraction of sp³-hybridized carbons (Fsp3) is 0.345. The average Bonchev–Trinajstić information content (AvgIpc) is 3.78. The van der Waals surface area contributed by atoms with Crippen LogP contribution in [0.1, 0.15) is 19.0 Å². The summed E-state index contributed by atoms with van der Waals surface area (Å²) in [6.07, 6.45) is 6.23. The molecule has 2 aliphatic rings. The summed E-state index contributed by atoms with van der Waals surface area (Å²) >= 11 is 1.28. The van der Waals surface area contributed by atoms with E-state index in [1.165, 1.54) is 21.0 Å². The maximum absolute atomic E-state index is 13.8. The van der Waals surface area contributed by atoms with Crippen molar-refractivity contribution in [1.29, 1.82) is 0 Å². The van der Waals surface area contributed by atoms with E-state index < -0.39 is 22.0 Å². The second kappa shape index (κ2) is 11.8. The van der Waals surface area contributed by atoms with Gasteiger partial charge in [0, 0.05) is 84.3 Å². The number of imidazole rings is 1. The van der Waals surface area contributed by atoms with Gasteiger partial charge in [-0.05, 0) is 37.6 Å². The van der Waals surface area contributed by atoms with Gasteiger partial charge in [-0.3, -0.25) is 4.79 Å². The number of allylic oxidation sites excluding steroid dienone is 1. The van der Waals surface area contributed by atoms with Crippen LogP contribution in [0.5, 0.6) is 0 Å². The molecule has 0 radical (unpaired) electrons. The minimum atomic E-state index is -3.88. The number of carbonyl (C=O) groups is 2. The van der Waals surface area contributed by atoms with Crippen LogP contribution in [0.4, 0.5) is 10.5 Å². The number of anilines is 1. The number of piperazine rings is 1. The zero-order valence-electron chi connectivity index (χ0n) is 23.2. The third-order valence-electron chi connectivity index (χ3n) is 7.74. The van der Waals surface area contributed by atoms with Gasteiger partial charge in [0.1, 0.15) is 10.3 Å². The molecule has 4 aromatic rings. The first-order valence-electron chi connectivity index (χ1n) is 14.0. The zero-order chi connectivity index (χ0) is 29.3. The van der Waals surface area contributed by atoms with Crippen LogP contribution in [0.2, 0.25) is 0 Å². The molecule has 1 atom stereocenters. The maximum Gasteiger partial charge on any atom is 0.317 e. The molecule has 0 aliphatic carbocycles. The predicted octanol–water partition coefficient (Wildman–Crippen LogP) is 3.72. The van der Waals surface area contributed by atoms with Gasteiger partial charge in [0.25, 0.3) is 0 Å². The number of benzene rings is 2. The Balaban J connectivity index is 1.24. The number of aromatic nitrogens is 3. The fourth-order valence-electron chi connectivity index (χ4n) is 5.68. The number of nitrogens with zero attached hydrogens (tertiary/aromatic N) is 4. The number of para-hydroxylation sites is 1. The van der Waals surface area contributed by atoms with Crippen molar-refractivity contribution in [3.63, 3.8) is 0 Å². The monoisotopic (exact) mass is 607 g/mol. The van der Waals surface area contributed by atoms with E-state index in [2.05, 4.69) is 44.2 Å². The first kappa shape index (κ1) is 28.3. The number of carbonyl (C=O) groups excluding carboxylic acids is 2. The molecule has 2 aromatic heterocycles. The number of hydrogen-bond donors (Lipinski definition) is 3. The summed E-state index contributed by atoms with van der Waals surface area (Å²) < 4.78 is 31.0. The molecule has 0 spiro atoms. The number of aryl methyl sites for hydroxylation is 1. The Morgan fingerprint density at radius 2 is 1.95 bits per heavy atom. The van der Waals surface area contributed by atoms with Crippen LogP contribution in [-0.4, -0.2) is 82.1 Å². The highest BCUT2D eigenvalue weighted by atomic mass is 32.3. The minimum absolute atomic E-state index is 0.0231. The van der Waals surface area contributed by atoms with Crippen molar-refractivity contribution in [3.05, 3.63) is 71.0 Å². The van der Waals surface area contributed by atoms with Crippen molar-refractivity contribution >= 4 is 61.2 Å². The standard InChI is InChI=1S/C29H33N7O4S2/c1-2-35-24-7-4-3-6-22(24)23-16-20(9-10-25(23)35)33-28(37)26-18-34(29(38)31-12-11-21-17-30-19-32-21)13-14-36(26)42(39,40)27-8-5-15-41-27/h3-4,6-10,16-17,19,26H,2,5,11-15,18H2,1H3,(H,30,32)(H,31,38)(H,33,37)/t26-/m0/s1. The third-order valence-corrected chi connectivity index (χ3v) is 11.3. The summed E-state index contributed by atoms with van der Waals surface area (Å²) in [5, 5.41) is 7.92. The first-order chi connectivity index (χ1) is 20.4. The molecule has 13 heteroatoms. The molecule has 0 saturated carbocycles. The van der Waals surface area contributed by atoms with Crippen LogP contribution in [0.3, 0.4) is 0 Å². The lowest BCUT2D eigenvalue weighted by Gasteiger charge is -2.39. The molecule has 220 valence electrons. The number of thioether (sulfide) groups is 1. The van der Waals surface area contributed by atoms with Crippen molar-refractivity contribution < 1.29 is 18.0 Å². The van der Waals surface area contributed by atoms with Gasteiger partial charge in [-0.25, -0.2) is 18.2 Å². The zero-order valence-corrected chi connectivity index (χ0v) is 24.9. The Labute approximate surface area is 248 Å². The molecule has 4 heterocycles. The Morgan fingerprint density at radius 1 is 1.12 bits per heavy atom. The Bertz CT molecular complexity index is 1770. The first-order valence-corrected chi connectivity index (χ1v) is 16.5. The van der Waals surface area contributed by atoms with Crippen molar-refractivity contribution in [2.75, 3.05) is 37.2 Å². The molecule has 11 nitrogen and oxygen atoms in total. The number of sulfonamides is 1. The molecule has 3 amide bonds. The second-order valence-corrected chi connectivity index (χ2v) is 13.5. The Kier molecular flexibility index (Phi) is 7.97. The van der Waals surface area contributed by atoms with Gasteiger partial charge in [0.15, 0.2) is 0 Å². The number of rotatable bonds is 8. The average molecular weight is 608 g/mol. The van der Waals surface area contributed by atoms with Gasteiger partial charge in [-0.1, -0.05) is 24.3 Å². The highest BCUT2D eigenvalue weighted by Gasteiger charge is 2.42. The van der Waals surface area contributed by atoms with Gasteiger partial charge in [0.2, 0.25) is 15.9 Å². The highest BCUT2D eigenvalue weighted by Crippen LogP contribution is 2.34. The number of amides is 3. The lowest BCUT2D eigenvalue weighted by molar-refractivity contribution is -0.121. The molecule has 2 aromatic carbocycles. The topological polar surface area (TPSA) is 132 Å². The molecule has 6 rings (SSSR count). The van der Waals surface area contributed by atoms with E-state index >= 15 is 0 Å². The fourth-order valence-corrected chi connectivity index (χ4v) is 8.86. The van der Waals surface area contributed by atoms with Crippen LogP contribution >= 0.6 is 11.8 Å². The number of aromatic amines is 1. The second-order valence-electron chi connectivity index (χ2n) is 10.3. The van der Waals surface area contributed by atoms with E-state index in [0.29, 0.717) is 30.8 Å². The quantitative estimate of drug-likeness (QED) is 0.280. The minimum Gasteiger partial charge on any atom is -0.348 e. The largest absolute Gasteiger partial charge is 0.348 e. The normalized spacial score (nSPS) is 18.0. The van der Waals surface area contributed by atoms with Gasteiger partial charge in [-0.15, -0.1) is 11.8 Å². The molecule has 3 N–H and O–H groups in total. The van der Waals surface area contributed by atoms with E-state index in [1.54, 1.807) is 18.6 Å². The maximum atomic E-state index is 13.8. The van der Waals surface area contributed by atoms with Crippen LogP contribution in [-0.2, 0) is 27.8 Å². The summed E-state index contributed by atoms with van der Waals surface area (Å²) in [6.45, 7) is 3.42. The summed E-state index contributed by atoms with van der Waals surface area (Å²) in [5.74, 6) is 0.214. The van der Waals surface area contributed by atoms with E-state index in [4.69, 9.17) is 0 Å². The Hall–Kier alpha value is -3.81. The van der Waals surface area contributed by atoms with Crippen molar-refractivity contribution in [3.8, 4) is 0 Å². The van der Waals surface area contributed by atoms with Gasteiger partial charge in [0.05, 0.1) is 6.33 Å². The molecule has 2 aliphatic heterocycles. The van der Waals surface area contributed by atoms with Crippen LogP contribution in [0.15, 0.2) is 65.3 Å². The molecule has 0 bridgehead atoms. The number of hydrogen-bond acceptors (Lipinski definition) is 6. The third kappa shape index (κ3) is 5.39. The summed E-state index contributed by atoms with van der Waals surface area (Å²) in [5.41, 5.74) is 3.63. The Morgan fingerprint density at radius 3 is 2.71 bits per heavy atom. The SMILES string of the molecule is CCn1c2ccccc2c2cc(NC(=O)[C@@H]3CN(C(=O)NCCc4cnc[nH]4)CCN3S(=O)(=O)C3=CCCS3)ccc21. The molecule has 42 heavy (non-hydrogen) atoms. The van der Waals surface area contributed by atoms with Crippen molar-refractivity contribution in [1.82, 2.24) is 29.1 Å². The van der Waals surface area contributed by atoms with Gasteiger partial charge in [-0.2, -0.15) is 4.31 Å². The van der Waals surface area contributed by atoms with Crippen LogP contribution in [0.25, 0.3) is 21.8 Å². The van der Waals surface area contributed by atoms with Crippen molar-refractivity contribution in [2.45, 2.75) is 32.4 Å². The lowest BCUT2D eigenvalue weighted by Crippen LogP contribution is -2.61. The van der Waals surface area contributed by atoms with Crippen LogP contribution < -0.4 is 10.6 Å². The van der Waals surface area contributed by atoms with Gasteiger partial charge < -0.3 is 25.1 Å². The summed E-state index contributed by atoms with van der Waals surface area (Å²) in [6, 6.07) is 12.4. The van der Waals surface area contributed by atoms with Gasteiger partial charge >= 0.3 is 6.03 Å². The summed E-state index contributed by atoms with van der Waals surface area (Å²) in [7, 11) is -3.88. The number of urea groups is 1.